The summed E-state index contributed by atoms with van der Waals surface area (Å²) in [6, 6.07) is 49.5. The molecule has 8 rings (SSSR count). The summed E-state index contributed by atoms with van der Waals surface area (Å²) in [6.45, 7) is 0. The molecule has 178 valence electrons. The molecule has 38 heavy (non-hydrogen) atoms. The van der Waals surface area contributed by atoms with Crippen LogP contribution in [0.15, 0.2) is 144 Å². The largest absolute Gasteiger partial charge is 0.456 e. The van der Waals surface area contributed by atoms with Crippen molar-refractivity contribution >= 4 is 43.7 Å². The van der Waals surface area contributed by atoms with E-state index in [1.165, 1.54) is 44.1 Å². The highest BCUT2D eigenvalue weighted by Crippen LogP contribution is 2.36. The number of nitrogens with zero attached hydrogens (tertiary/aromatic N) is 1. The van der Waals surface area contributed by atoms with Crippen LogP contribution in [0, 0.1) is 0 Å². The second-order valence-corrected chi connectivity index (χ2v) is 9.81. The molecule has 0 saturated carbocycles. The smallest absolute Gasteiger partial charge is 0.137 e. The quantitative estimate of drug-likeness (QED) is 0.243. The Morgan fingerprint density at radius 1 is 0.368 bits per heavy atom. The number of rotatable bonds is 3. The van der Waals surface area contributed by atoms with Crippen LogP contribution in [0.4, 0.5) is 0 Å². The van der Waals surface area contributed by atoms with Gasteiger partial charge in [0, 0.05) is 33.3 Å². The van der Waals surface area contributed by atoms with Gasteiger partial charge in [0.1, 0.15) is 11.2 Å². The molecule has 0 saturated heterocycles. The molecule has 0 aliphatic rings. The molecule has 2 heterocycles. The Morgan fingerprint density at radius 2 is 0.947 bits per heavy atom. The summed E-state index contributed by atoms with van der Waals surface area (Å²) in [5.41, 5.74) is 10.1. The van der Waals surface area contributed by atoms with E-state index in [1.807, 2.05) is 6.07 Å². The first-order valence-electron chi connectivity index (χ1n) is 12.9. The molecule has 0 amide bonds. The second kappa shape index (κ2) is 8.22. The minimum atomic E-state index is 0.899. The van der Waals surface area contributed by atoms with E-state index in [1.54, 1.807) is 0 Å². The highest BCUT2D eigenvalue weighted by atomic mass is 16.3. The Kier molecular flexibility index (Phi) is 4.55. The predicted molar refractivity (Wildman–Crippen MR) is 159 cm³/mol. The van der Waals surface area contributed by atoms with Gasteiger partial charge in [0.2, 0.25) is 0 Å². The first kappa shape index (κ1) is 21.0. The topological polar surface area (TPSA) is 18.1 Å². The molecule has 0 spiro atoms. The maximum atomic E-state index is 6.37. The molecule has 2 heteroatoms. The van der Waals surface area contributed by atoms with Crippen molar-refractivity contribution in [2.75, 3.05) is 0 Å². The maximum absolute atomic E-state index is 6.37. The molecule has 0 bridgehead atoms. The van der Waals surface area contributed by atoms with Crippen LogP contribution in [-0.4, -0.2) is 4.57 Å². The summed E-state index contributed by atoms with van der Waals surface area (Å²) in [5, 5.41) is 4.79. The van der Waals surface area contributed by atoms with E-state index >= 15 is 0 Å². The van der Waals surface area contributed by atoms with Crippen molar-refractivity contribution < 1.29 is 4.42 Å². The Balaban J connectivity index is 1.24. The molecule has 0 aliphatic carbocycles. The van der Waals surface area contributed by atoms with Gasteiger partial charge < -0.3 is 8.98 Å². The van der Waals surface area contributed by atoms with Crippen molar-refractivity contribution in [1.29, 1.82) is 0 Å². The number of furan rings is 1. The third-order valence-electron chi connectivity index (χ3n) is 7.62. The average Bonchev–Trinajstić information content (AvgIpc) is 3.52. The van der Waals surface area contributed by atoms with E-state index in [4.69, 9.17) is 4.42 Å². The van der Waals surface area contributed by atoms with Gasteiger partial charge in [-0.15, -0.1) is 0 Å². The fraction of sp³-hybridized carbons (Fsp3) is 0. The van der Waals surface area contributed by atoms with Gasteiger partial charge in [-0.25, -0.2) is 0 Å². The third-order valence-corrected chi connectivity index (χ3v) is 7.62. The van der Waals surface area contributed by atoms with Crippen LogP contribution in [0.3, 0.4) is 0 Å². The average molecular weight is 486 g/mol. The van der Waals surface area contributed by atoms with E-state index in [2.05, 4.69) is 138 Å². The van der Waals surface area contributed by atoms with Gasteiger partial charge >= 0.3 is 0 Å². The van der Waals surface area contributed by atoms with E-state index in [0.717, 1.165) is 27.6 Å². The summed E-state index contributed by atoms with van der Waals surface area (Å²) >= 11 is 0. The number of hydrogen-bond donors (Lipinski definition) is 0. The summed E-state index contributed by atoms with van der Waals surface area (Å²) in [4.78, 5) is 0. The number of hydrogen-bond acceptors (Lipinski definition) is 1. The monoisotopic (exact) mass is 485 g/mol. The van der Waals surface area contributed by atoms with Crippen LogP contribution in [-0.2, 0) is 0 Å². The molecule has 0 fully saturated rings. The lowest BCUT2D eigenvalue weighted by Crippen LogP contribution is -1.93. The first-order valence-corrected chi connectivity index (χ1v) is 12.9. The normalized spacial score (nSPS) is 11.7. The summed E-state index contributed by atoms with van der Waals surface area (Å²) in [7, 11) is 0. The van der Waals surface area contributed by atoms with Crippen LogP contribution in [0.1, 0.15) is 0 Å². The maximum Gasteiger partial charge on any atom is 0.137 e. The Bertz CT molecular complexity index is 2060. The van der Waals surface area contributed by atoms with Gasteiger partial charge in [0.25, 0.3) is 0 Å². The van der Waals surface area contributed by atoms with Crippen molar-refractivity contribution in [2.45, 2.75) is 0 Å². The Morgan fingerprint density at radius 3 is 1.66 bits per heavy atom. The van der Waals surface area contributed by atoms with Crippen LogP contribution >= 0.6 is 0 Å². The van der Waals surface area contributed by atoms with Crippen LogP contribution in [0.25, 0.3) is 71.7 Å². The van der Waals surface area contributed by atoms with E-state index < -0.39 is 0 Å². The van der Waals surface area contributed by atoms with Gasteiger partial charge in [0.05, 0.1) is 11.0 Å². The van der Waals surface area contributed by atoms with Crippen molar-refractivity contribution in [3.8, 4) is 27.9 Å². The molecule has 0 unspecified atom stereocenters. The van der Waals surface area contributed by atoms with Gasteiger partial charge in [-0.1, -0.05) is 97.1 Å². The molecule has 0 N–H and O–H groups in total. The van der Waals surface area contributed by atoms with Crippen LogP contribution in [0.2, 0.25) is 0 Å². The minimum Gasteiger partial charge on any atom is -0.456 e. The fourth-order valence-corrected chi connectivity index (χ4v) is 5.77. The predicted octanol–water partition coefficient (Wildman–Crippen LogP) is 10.0. The lowest BCUT2D eigenvalue weighted by atomic mass is 9.99. The molecule has 0 atom stereocenters. The lowest BCUT2D eigenvalue weighted by Gasteiger charge is -2.07. The Hall–Kier alpha value is -5.08. The number of aromatic nitrogens is 1. The van der Waals surface area contributed by atoms with E-state index in [0.29, 0.717) is 0 Å². The molecule has 6 aromatic carbocycles. The number of benzene rings is 6. The van der Waals surface area contributed by atoms with Crippen molar-refractivity contribution in [2.24, 2.45) is 0 Å². The summed E-state index contributed by atoms with van der Waals surface area (Å²) in [6.07, 6.45) is 0. The molecular formula is C36H23NO. The van der Waals surface area contributed by atoms with Crippen molar-refractivity contribution in [1.82, 2.24) is 4.57 Å². The highest BCUT2D eigenvalue weighted by molar-refractivity contribution is 6.10. The van der Waals surface area contributed by atoms with Gasteiger partial charge in [0.15, 0.2) is 0 Å². The Labute approximate surface area is 220 Å². The zero-order valence-corrected chi connectivity index (χ0v) is 20.6. The van der Waals surface area contributed by atoms with Crippen molar-refractivity contribution in [3.63, 3.8) is 0 Å². The van der Waals surface area contributed by atoms with E-state index in [9.17, 15) is 0 Å². The van der Waals surface area contributed by atoms with Crippen LogP contribution < -0.4 is 0 Å². The van der Waals surface area contributed by atoms with Gasteiger partial charge in [-0.2, -0.15) is 0 Å². The fourth-order valence-electron chi connectivity index (χ4n) is 5.77. The van der Waals surface area contributed by atoms with Crippen LogP contribution in [0.5, 0.6) is 0 Å². The van der Waals surface area contributed by atoms with Crippen molar-refractivity contribution in [3.05, 3.63) is 140 Å². The SMILES string of the molecule is c1ccc(-c2ccc(-c3ccc4oc5cc(-n6c7ccccc7c7ccccc76)ccc5c4c3)cc2)cc1. The molecular weight excluding hydrogens is 462 g/mol. The zero-order chi connectivity index (χ0) is 25.1. The number of para-hydroxylation sites is 2. The van der Waals surface area contributed by atoms with Gasteiger partial charge in [-0.3, -0.25) is 0 Å². The lowest BCUT2D eigenvalue weighted by molar-refractivity contribution is 0.668. The number of fused-ring (bicyclic) bond motifs is 6. The summed E-state index contributed by atoms with van der Waals surface area (Å²) < 4.78 is 8.70. The third kappa shape index (κ3) is 3.21. The van der Waals surface area contributed by atoms with Gasteiger partial charge in [-0.05, 0) is 58.7 Å². The minimum absolute atomic E-state index is 0.899. The summed E-state index contributed by atoms with van der Waals surface area (Å²) in [5.74, 6) is 0. The molecule has 2 nitrogen and oxygen atoms in total. The molecule has 8 aromatic rings. The standard InChI is InChI=1S/C36H23NO/c1-2-8-24(9-3-1)25-14-16-26(17-15-25)27-18-21-35-32(22-27)31-20-19-28(23-36(31)38-35)37-33-12-6-4-10-29(33)30-11-5-7-13-34(30)37/h1-23H. The molecule has 0 radical (unpaired) electrons. The van der Waals surface area contributed by atoms with E-state index in [-0.39, 0.29) is 0 Å². The second-order valence-electron chi connectivity index (χ2n) is 9.81. The highest BCUT2D eigenvalue weighted by Gasteiger charge is 2.14. The zero-order valence-electron chi connectivity index (χ0n) is 20.6. The first-order chi connectivity index (χ1) is 18.8. The molecule has 0 aliphatic heterocycles. The molecule has 2 aromatic heterocycles.